The van der Waals surface area contributed by atoms with Crippen LogP contribution in [0.4, 0.5) is 11.6 Å². The summed E-state index contributed by atoms with van der Waals surface area (Å²) < 4.78 is 0. The third kappa shape index (κ3) is 5.11. The Bertz CT molecular complexity index is 392. The lowest BCUT2D eigenvalue weighted by Gasteiger charge is -2.18. The number of amides is 1. The molecule has 0 saturated carbocycles. The Morgan fingerprint density at radius 2 is 1.79 bits per heavy atom. The molecule has 1 aromatic heterocycles. The number of hydrogen-bond donors (Lipinski definition) is 2. The quantitative estimate of drug-likeness (QED) is 0.747. The molecule has 0 aromatic carbocycles. The fourth-order valence-corrected chi connectivity index (χ4v) is 1.66. The van der Waals surface area contributed by atoms with Crippen molar-refractivity contribution in [3.05, 3.63) is 12.4 Å². The summed E-state index contributed by atoms with van der Waals surface area (Å²) in [6.45, 7) is 8.61. The molecule has 1 heterocycles. The molecule has 0 aliphatic rings. The lowest BCUT2D eigenvalue weighted by molar-refractivity contribution is -0.128. The highest BCUT2D eigenvalue weighted by Crippen LogP contribution is 2.08. The average Bonchev–Trinajstić information content (AvgIpc) is 2.44. The van der Waals surface area contributed by atoms with Crippen molar-refractivity contribution in [2.45, 2.75) is 27.2 Å². The highest BCUT2D eigenvalue weighted by atomic mass is 16.2. The number of rotatable bonds is 8. The van der Waals surface area contributed by atoms with E-state index in [-0.39, 0.29) is 12.5 Å². The van der Waals surface area contributed by atoms with E-state index in [0.717, 1.165) is 31.9 Å². The third-order valence-electron chi connectivity index (χ3n) is 2.76. The number of hydrogen-bond acceptors (Lipinski definition) is 5. The van der Waals surface area contributed by atoms with Gasteiger partial charge in [-0.1, -0.05) is 6.92 Å². The van der Waals surface area contributed by atoms with Crippen LogP contribution in [0.5, 0.6) is 0 Å². The predicted octanol–water partition coefficient (Wildman–Crippen LogP) is 1.58. The minimum atomic E-state index is 0.0756. The van der Waals surface area contributed by atoms with Crippen LogP contribution < -0.4 is 10.6 Å². The average molecular weight is 265 g/mol. The van der Waals surface area contributed by atoms with Gasteiger partial charge in [-0.15, -0.1) is 0 Å². The first-order valence-corrected chi connectivity index (χ1v) is 6.78. The molecule has 0 saturated heterocycles. The molecule has 1 rings (SSSR count). The van der Waals surface area contributed by atoms with Crippen LogP contribution in [0.15, 0.2) is 12.4 Å². The van der Waals surface area contributed by atoms with Gasteiger partial charge in [0.25, 0.3) is 0 Å². The zero-order chi connectivity index (χ0) is 14.1. The molecular formula is C13H23N5O. The Labute approximate surface area is 114 Å². The second-order valence-corrected chi connectivity index (χ2v) is 4.13. The summed E-state index contributed by atoms with van der Waals surface area (Å²) in [7, 11) is 0. The molecular weight excluding hydrogens is 242 g/mol. The van der Waals surface area contributed by atoms with Crippen LogP contribution in [0.25, 0.3) is 0 Å². The number of carbonyl (C=O) groups excluding carboxylic acids is 1. The van der Waals surface area contributed by atoms with Gasteiger partial charge in [0, 0.05) is 25.7 Å². The van der Waals surface area contributed by atoms with E-state index in [2.05, 4.69) is 27.5 Å². The van der Waals surface area contributed by atoms with Crippen LogP contribution in [0.2, 0.25) is 0 Å². The van der Waals surface area contributed by atoms with E-state index in [1.54, 1.807) is 4.90 Å². The first-order chi connectivity index (χ1) is 9.21. The number of carbonyl (C=O) groups is 1. The summed E-state index contributed by atoms with van der Waals surface area (Å²) in [6.07, 6.45) is 2.52. The Kier molecular flexibility index (Phi) is 6.63. The minimum absolute atomic E-state index is 0.0756. The van der Waals surface area contributed by atoms with Gasteiger partial charge in [0.15, 0.2) is 0 Å². The van der Waals surface area contributed by atoms with Gasteiger partial charge in [-0.25, -0.2) is 9.97 Å². The molecule has 1 aromatic rings. The van der Waals surface area contributed by atoms with Crippen LogP contribution in [-0.4, -0.2) is 47.0 Å². The molecule has 6 heteroatoms. The molecule has 6 nitrogen and oxygen atoms in total. The molecule has 0 radical (unpaired) electrons. The second-order valence-electron chi connectivity index (χ2n) is 4.13. The summed E-state index contributed by atoms with van der Waals surface area (Å²) in [5.41, 5.74) is 0. The van der Waals surface area contributed by atoms with E-state index in [0.29, 0.717) is 5.82 Å². The van der Waals surface area contributed by atoms with Crippen molar-refractivity contribution in [2.75, 3.05) is 36.8 Å². The minimum Gasteiger partial charge on any atom is -0.370 e. The van der Waals surface area contributed by atoms with E-state index in [1.807, 2.05) is 19.9 Å². The molecule has 1 amide bonds. The van der Waals surface area contributed by atoms with Crippen LogP contribution in [-0.2, 0) is 4.79 Å². The van der Waals surface area contributed by atoms with Crippen molar-refractivity contribution in [2.24, 2.45) is 0 Å². The topological polar surface area (TPSA) is 70.2 Å². The van der Waals surface area contributed by atoms with E-state index < -0.39 is 0 Å². The van der Waals surface area contributed by atoms with Gasteiger partial charge in [0.05, 0.1) is 6.54 Å². The normalized spacial score (nSPS) is 10.1. The highest BCUT2D eigenvalue weighted by Gasteiger charge is 2.09. The SMILES string of the molecule is CCCNc1cc(NCC(=O)N(CC)CC)ncn1. The first kappa shape index (κ1) is 15.2. The lowest BCUT2D eigenvalue weighted by atomic mass is 10.4. The fraction of sp³-hybridized carbons (Fsp3) is 0.615. The van der Waals surface area contributed by atoms with Gasteiger partial charge >= 0.3 is 0 Å². The van der Waals surface area contributed by atoms with Crippen molar-refractivity contribution in [3.63, 3.8) is 0 Å². The molecule has 0 atom stereocenters. The Morgan fingerprint density at radius 3 is 2.37 bits per heavy atom. The number of nitrogens with one attached hydrogen (secondary N) is 2. The van der Waals surface area contributed by atoms with Crippen LogP contribution in [0.3, 0.4) is 0 Å². The molecule has 19 heavy (non-hydrogen) atoms. The van der Waals surface area contributed by atoms with Gasteiger partial charge in [-0.3, -0.25) is 4.79 Å². The summed E-state index contributed by atoms with van der Waals surface area (Å²) in [4.78, 5) is 21.8. The molecule has 2 N–H and O–H groups in total. The van der Waals surface area contributed by atoms with Crippen LogP contribution in [0.1, 0.15) is 27.2 Å². The molecule has 0 bridgehead atoms. The molecule has 0 spiro atoms. The summed E-state index contributed by atoms with van der Waals surface area (Å²) in [6, 6.07) is 1.81. The zero-order valence-corrected chi connectivity index (χ0v) is 11.9. The molecule has 0 aliphatic carbocycles. The van der Waals surface area contributed by atoms with E-state index in [1.165, 1.54) is 6.33 Å². The Hall–Kier alpha value is -1.85. The van der Waals surface area contributed by atoms with Gasteiger partial charge in [-0.05, 0) is 20.3 Å². The van der Waals surface area contributed by atoms with Crippen molar-refractivity contribution in [1.82, 2.24) is 14.9 Å². The Balaban J connectivity index is 2.50. The number of aromatic nitrogens is 2. The van der Waals surface area contributed by atoms with Crippen LogP contribution >= 0.6 is 0 Å². The number of nitrogens with zero attached hydrogens (tertiary/aromatic N) is 3. The summed E-state index contributed by atoms with van der Waals surface area (Å²) in [5, 5.41) is 6.21. The second kappa shape index (κ2) is 8.29. The van der Waals surface area contributed by atoms with E-state index in [4.69, 9.17) is 0 Å². The summed E-state index contributed by atoms with van der Waals surface area (Å²) in [5.74, 6) is 1.51. The standard InChI is InChI=1S/C13H23N5O/c1-4-7-14-11-8-12(17-10-16-11)15-9-13(19)18(5-2)6-3/h8,10H,4-7,9H2,1-3H3,(H2,14,15,16,17). The number of anilines is 2. The van der Waals surface area contributed by atoms with E-state index >= 15 is 0 Å². The van der Waals surface area contributed by atoms with Gasteiger partial charge < -0.3 is 15.5 Å². The first-order valence-electron chi connectivity index (χ1n) is 6.78. The molecule has 0 unspecified atom stereocenters. The van der Waals surface area contributed by atoms with Gasteiger partial charge in [-0.2, -0.15) is 0 Å². The highest BCUT2D eigenvalue weighted by molar-refractivity contribution is 5.80. The maximum atomic E-state index is 11.8. The maximum Gasteiger partial charge on any atom is 0.241 e. The van der Waals surface area contributed by atoms with Gasteiger partial charge in [0.1, 0.15) is 18.0 Å². The van der Waals surface area contributed by atoms with Crippen molar-refractivity contribution in [3.8, 4) is 0 Å². The maximum absolute atomic E-state index is 11.8. The largest absolute Gasteiger partial charge is 0.370 e. The monoisotopic (exact) mass is 265 g/mol. The molecule has 106 valence electrons. The molecule has 0 fully saturated rings. The predicted molar refractivity (Wildman–Crippen MR) is 77.2 cm³/mol. The Morgan fingerprint density at radius 1 is 1.16 bits per heavy atom. The van der Waals surface area contributed by atoms with Crippen molar-refractivity contribution in [1.29, 1.82) is 0 Å². The number of likely N-dealkylation sites (N-methyl/N-ethyl adjacent to an activating group) is 1. The summed E-state index contributed by atoms with van der Waals surface area (Å²) >= 11 is 0. The third-order valence-corrected chi connectivity index (χ3v) is 2.76. The van der Waals surface area contributed by atoms with Crippen molar-refractivity contribution >= 4 is 17.5 Å². The fourth-order valence-electron chi connectivity index (χ4n) is 1.66. The smallest absolute Gasteiger partial charge is 0.241 e. The van der Waals surface area contributed by atoms with Gasteiger partial charge in [0.2, 0.25) is 5.91 Å². The van der Waals surface area contributed by atoms with E-state index in [9.17, 15) is 4.79 Å². The van der Waals surface area contributed by atoms with Crippen molar-refractivity contribution < 1.29 is 4.79 Å². The molecule has 0 aliphatic heterocycles. The lowest BCUT2D eigenvalue weighted by Crippen LogP contribution is -2.35. The zero-order valence-electron chi connectivity index (χ0n) is 11.9. The van der Waals surface area contributed by atoms with Crippen LogP contribution in [0, 0.1) is 0 Å².